The van der Waals surface area contributed by atoms with Crippen molar-refractivity contribution >= 4 is 26.5 Å². The molecule has 0 fully saturated rings. The molecule has 0 saturated carbocycles. The molecule has 0 aliphatic heterocycles. The van der Waals surface area contributed by atoms with Crippen LogP contribution in [0.3, 0.4) is 0 Å². The molecule has 0 spiro atoms. The van der Waals surface area contributed by atoms with E-state index in [4.69, 9.17) is 0 Å². The van der Waals surface area contributed by atoms with Crippen molar-refractivity contribution in [3.63, 3.8) is 0 Å². The highest BCUT2D eigenvalue weighted by molar-refractivity contribution is 7.88. The van der Waals surface area contributed by atoms with Gasteiger partial charge >= 0.3 is 0 Å². The smallest absolute Gasteiger partial charge is 0.211 e. The van der Waals surface area contributed by atoms with Crippen LogP contribution in [-0.2, 0) is 10.0 Å². The predicted octanol–water partition coefficient (Wildman–Crippen LogP) is 0.622. The summed E-state index contributed by atoms with van der Waals surface area (Å²) in [6, 6.07) is 0. The Morgan fingerprint density at radius 2 is 2.31 bits per heavy atom. The highest BCUT2D eigenvalue weighted by Crippen LogP contribution is 2.07. The Balaban J connectivity index is 2.24. The normalized spacial score (nSPS) is 11.9. The van der Waals surface area contributed by atoms with Crippen molar-refractivity contribution in [3.05, 3.63) is 5.51 Å². The summed E-state index contributed by atoms with van der Waals surface area (Å²) in [7, 11) is -3.07. The van der Waals surface area contributed by atoms with Gasteiger partial charge in [-0.15, -0.1) is 10.2 Å². The zero-order chi connectivity index (χ0) is 12.0. The molecule has 1 aromatic rings. The highest BCUT2D eigenvalue weighted by Gasteiger charge is 2.12. The number of rotatable bonds is 7. The van der Waals surface area contributed by atoms with Crippen molar-refractivity contribution in [2.45, 2.75) is 13.3 Å². The van der Waals surface area contributed by atoms with E-state index >= 15 is 0 Å². The van der Waals surface area contributed by atoms with Crippen LogP contribution in [0.15, 0.2) is 5.51 Å². The quantitative estimate of drug-likeness (QED) is 0.731. The first-order chi connectivity index (χ1) is 7.54. The van der Waals surface area contributed by atoms with Crippen molar-refractivity contribution in [1.82, 2.24) is 14.5 Å². The molecule has 0 aromatic carbocycles. The second kappa shape index (κ2) is 6.12. The van der Waals surface area contributed by atoms with Gasteiger partial charge in [0.2, 0.25) is 15.2 Å². The molecule has 8 heteroatoms. The first-order valence-electron chi connectivity index (χ1n) is 4.99. The molecule has 0 atom stereocenters. The van der Waals surface area contributed by atoms with E-state index in [0.717, 1.165) is 11.6 Å². The Morgan fingerprint density at radius 3 is 2.81 bits per heavy atom. The molecule has 0 unspecified atom stereocenters. The van der Waals surface area contributed by atoms with E-state index in [-0.39, 0.29) is 0 Å². The lowest BCUT2D eigenvalue weighted by molar-refractivity contribution is 0.428. The van der Waals surface area contributed by atoms with Crippen LogP contribution >= 0.6 is 11.3 Å². The van der Waals surface area contributed by atoms with Gasteiger partial charge in [0.25, 0.3) is 0 Å². The van der Waals surface area contributed by atoms with Gasteiger partial charge in [-0.25, -0.2) is 12.7 Å². The summed E-state index contributed by atoms with van der Waals surface area (Å²) in [5, 5.41) is 11.4. The molecular formula is C8H16N4O2S2. The molecule has 92 valence electrons. The minimum Gasteiger partial charge on any atom is -0.360 e. The van der Waals surface area contributed by atoms with Crippen molar-refractivity contribution < 1.29 is 8.42 Å². The zero-order valence-corrected chi connectivity index (χ0v) is 11.0. The molecule has 0 radical (unpaired) electrons. The van der Waals surface area contributed by atoms with Crippen molar-refractivity contribution in [3.8, 4) is 0 Å². The monoisotopic (exact) mass is 264 g/mol. The number of hydrogen-bond donors (Lipinski definition) is 1. The van der Waals surface area contributed by atoms with Crippen LogP contribution in [0, 0.1) is 0 Å². The van der Waals surface area contributed by atoms with Crippen LogP contribution in [0.1, 0.15) is 13.3 Å². The fourth-order valence-electron chi connectivity index (χ4n) is 1.26. The lowest BCUT2D eigenvalue weighted by Gasteiger charge is -2.17. The number of hydrogen-bond acceptors (Lipinski definition) is 6. The van der Waals surface area contributed by atoms with Crippen LogP contribution in [0.5, 0.6) is 0 Å². The summed E-state index contributed by atoms with van der Waals surface area (Å²) in [4.78, 5) is 0. The fourth-order valence-corrected chi connectivity index (χ4v) is 2.66. The van der Waals surface area contributed by atoms with Crippen molar-refractivity contribution in [2.24, 2.45) is 0 Å². The first kappa shape index (κ1) is 13.3. The third-order valence-electron chi connectivity index (χ3n) is 2.04. The molecule has 6 nitrogen and oxygen atoms in total. The Hall–Kier alpha value is -0.730. The third-order valence-corrected chi connectivity index (χ3v) is 4.07. The Morgan fingerprint density at radius 1 is 1.56 bits per heavy atom. The predicted molar refractivity (Wildman–Crippen MR) is 65.1 cm³/mol. The van der Waals surface area contributed by atoms with Gasteiger partial charge in [0.05, 0.1) is 6.26 Å². The van der Waals surface area contributed by atoms with Gasteiger partial charge in [0, 0.05) is 19.6 Å². The van der Waals surface area contributed by atoms with Gasteiger partial charge in [-0.2, -0.15) is 0 Å². The second-order valence-electron chi connectivity index (χ2n) is 3.28. The van der Waals surface area contributed by atoms with Gasteiger partial charge in [-0.05, 0) is 6.42 Å². The minimum absolute atomic E-state index is 0.512. The summed E-state index contributed by atoms with van der Waals surface area (Å²) >= 11 is 1.43. The number of anilines is 1. The van der Waals surface area contributed by atoms with Crippen molar-refractivity contribution in [1.29, 1.82) is 0 Å². The molecular weight excluding hydrogens is 248 g/mol. The lowest BCUT2D eigenvalue weighted by atomic mass is 10.4. The standard InChI is InChI=1S/C8H16N4O2S2/c1-3-12(16(2,13)14)6-4-5-9-8-11-10-7-15-8/h7H,3-6H2,1-2H3,(H,9,11). The Labute approximate surface area is 99.7 Å². The second-order valence-corrected chi connectivity index (χ2v) is 6.09. The highest BCUT2D eigenvalue weighted by atomic mass is 32.2. The molecule has 0 aliphatic rings. The van der Waals surface area contributed by atoms with E-state index in [1.165, 1.54) is 21.9 Å². The van der Waals surface area contributed by atoms with Crippen LogP contribution in [0.4, 0.5) is 5.13 Å². The lowest BCUT2D eigenvalue weighted by Crippen LogP contribution is -2.31. The number of sulfonamides is 1. The number of aromatic nitrogens is 2. The first-order valence-corrected chi connectivity index (χ1v) is 7.72. The third kappa shape index (κ3) is 4.42. The average molecular weight is 264 g/mol. The molecule has 0 saturated heterocycles. The molecule has 1 N–H and O–H groups in total. The SMILES string of the molecule is CCN(CCCNc1nncs1)S(C)(=O)=O. The van der Waals surface area contributed by atoms with Gasteiger partial charge in [0.15, 0.2) is 0 Å². The summed E-state index contributed by atoms with van der Waals surface area (Å²) in [6.45, 7) is 3.57. The van der Waals surface area contributed by atoms with E-state index in [1.807, 2.05) is 6.92 Å². The van der Waals surface area contributed by atoms with E-state index in [9.17, 15) is 8.42 Å². The van der Waals surface area contributed by atoms with Gasteiger partial charge in [-0.1, -0.05) is 18.3 Å². The summed E-state index contributed by atoms with van der Waals surface area (Å²) < 4.78 is 24.0. The Kier molecular flexibility index (Phi) is 5.10. The van der Waals surface area contributed by atoms with Crippen LogP contribution in [0.2, 0.25) is 0 Å². The number of nitrogens with one attached hydrogen (secondary N) is 1. The van der Waals surface area contributed by atoms with E-state index in [1.54, 1.807) is 5.51 Å². The summed E-state index contributed by atoms with van der Waals surface area (Å²) in [5.41, 5.74) is 1.65. The van der Waals surface area contributed by atoms with E-state index < -0.39 is 10.0 Å². The Bertz CT molecular complexity index is 390. The molecule has 1 heterocycles. The maximum atomic E-state index is 11.3. The molecule has 0 bridgehead atoms. The molecule has 0 amide bonds. The van der Waals surface area contributed by atoms with Gasteiger partial charge in [-0.3, -0.25) is 0 Å². The zero-order valence-electron chi connectivity index (χ0n) is 9.38. The average Bonchev–Trinajstić information content (AvgIpc) is 2.68. The van der Waals surface area contributed by atoms with Crippen molar-refractivity contribution in [2.75, 3.05) is 31.2 Å². The minimum atomic E-state index is -3.07. The summed E-state index contributed by atoms with van der Waals surface area (Å²) in [6.07, 6.45) is 1.98. The van der Waals surface area contributed by atoms with Gasteiger partial charge < -0.3 is 5.32 Å². The van der Waals surface area contributed by atoms with Crippen LogP contribution < -0.4 is 5.32 Å². The topological polar surface area (TPSA) is 75.2 Å². The largest absolute Gasteiger partial charge is 0.360 e. The van der Waals surface area contributed by atoms with Gasteiger partial charge in [0.1, 0.15) is 5.51 Å². The summed E-state index contributed by atoms with van der Waals surface area (Å²) in [5.74, 6) is 0. The number of nitrogens with zero attached hydrogens (tertiary/aromatic N) is 3. The molecule has 16 heavy (non-hydrogen) atoms. The maximum Gasteiger partial charge on any atom is 0.211 e. The van der Waals surface area contributed by atoms with Crippen LogP contribution in [0.25, 0.3) is 0 Å². The van der Waals surface area contributed by atoms with E-state index in [2.05, 4.69) is 15.5 Å². The van der Waals surface area contributed by atoms with E-state index in [0.29, 0.717) is 19.6 Å². The fraction of sp³-hybridized carbons (Fsp3) is 0.750. The van der Waals surface area contributed by atoms with Crippen LogP contribution in [-0.4, -0.2) is 48.8 Å². The molecule has 1 aromatic heterocycles. The molecule has 0 aliphatic carbocycles. The maximum absolute atomic E-state index is 11.3. The molecule has 1 rings (SSSR count).